The fourth-order valence-corrected chi connectivity index (χ4v) is 2.35. The van der Waals surface area contributed by atoms with Crippen LogP contribution in [0.3, 0.4) is 0 Å². The highest BCUT2D eigenvalue weighted by molar-refractivity contribution is 5.87. The van der Waals surface area contributed by atoms with Gasteiger partial charge in [0.15, 0.2) is 6.04 Å². The largest absolute Gasteiger partial charge is 0.480 e. The summed E-state index contributed by atoms with van der Waals surface area (Å²) in [7, 11) is 0. The number of nitrogens with one attached hydrogen (secondary N) is 1. The average Bonchev–Trinajstić information content (AvgIpc) is 3.29. The second-order valence-electron chi connectivity index (χ2n) is 5.34. The fraction of sp³-hybridized carbons (Fsp3) is 0.375. The molecule has 3 atom stereocenters. The van der Waals surface area contributed by atoms with E-state index in [0.717, 1.165) is 18.2 Å². The average molecular weight is 325 g/mol. The number of hydrogen-bond acceptors (Lipinski definition) is 3. The third-order valence-corrected chi connectivity index (χ3v) is 3.62. The Balaban J connectivity index is 1.95. The molecule has 1 amide bonds. The van der Waals surface area contributed by atoms with Crippen molar-refractivity contribution in [3.63, 3.8) is 0 Å². The van der Waals surface area contributed by atoms with Crippen LogP contribution < -0.4 is 5.32 Å². The van der Waals surface area contributed by atoms with E-state index in [1.54, 1.807) is 0 Å². The van der Waals surface area contributed by atoms with E-state index in [2.05, 4.69) is 11.9 Å². The zero-order valence-electron chi connectivity index (χ0n) is 12.3. The van der Waals surface area contributed by atoms with Crippen molar-refractivity contribution in [1.82, 2.24) is 5.32 Å². The quantitative estimate of drug-likeness (QED) is 0.565. The van der Waals surface area contributed by atoms with Crippen LogP contribution in [0.1, 0.15) is 17.9 Å². The van der Waals surface area contributed by atoms with Gasteiger partial charge in [0, 0.05) is 5.92 Å². The predicted octanol–water partition coefficient (Wildman–Crippen LogP) is 1.84. The first kappa shape index (κ1) is 17.1. The molecule has 0 aliphatic heterocycles. The molecule has 124 valence electrons. The number of carbonyl (C=O) groups excluding carboxylic acids is 1. The van der Waals surface area contributed by atoms with Crippen LogP contribution in [0.4, 0.5) is 8.78 Å². The lowest BCUT2D eigenvalue weighted by molar-refractivity contribution is -0.143. The maximum Gasteiger partial charge on any atom is 0.328 e. The van der Waals surface area contributed by atoms with Crippen LogP contribution in [0.15, 0.2) is 30.9 Å². The van der Waals surface area contributed by atoms with Gasteiger partial charge in [-0.2, -0.15) is 0 Å². The van der Waals surface area contributed by atoms with Crippen LogP contribution in [0, 0.1) is 17.6 Å². The van der Waals surface area contributed by atoms with Crippen molar-refractivity contribution < 1.29 is 28.2 Å². The standard InChI is InChI=1S/C16H17F2NO4/c1-2-5-23-8-14(16(21)22)19-15(20)12-7-10(12)11-6-9(17)3-4-13(11)18/h2-4,6,10,12,14H,1,5,7-8H2,(H,19,20)(H,21,22). The van der Waals surface area contributed by atoms with Gasteiger partial charge in [-0.25, -0.2) is 13.6 Å². The molecule has 1 aromatic rings. The maximum atomic E-state index is 13.7. The minimum absolute atomic E-state index is 0.139. The summed E-state index contributed by atoms with van der Waals surface area (Å²) in [5.74, 6) is -3.88. The van der Waals surface area contributed by atoms with E-state index < -0.39 is 41.4 Å². The van der Waals surface area contributed by atoms with Gasteiger partial charge in [0.25, 0.3) is 0 Å². The molecule has 2 N–H and O–H groups in total. The lowest BCUT2D eigenvalue weighted by atomic mass is 10.1. The zero-order valence-corrected chi connectivity index (χ0v) is 12.3. The summed E-state index contributed by atoms with van der Waals surface area (Å²) in [5.41, 5.74) is 0.139. The number of aliphatic carboxylic acids is 1. The molecule has 2 rings (SSSR count). The molecule has 1 aromatic carbocycles. The van der Waals surface area contributed by atoms with Crippen molar-refractivity contribution in [2.45, 2.75) is 18.4 Å². The lowest BCUT2D eigenvalue weighted by Gasteiger charge is -2.14. The van der Waals surface area contributed by atoms with E-state index in [-0.39, 0.29) is 18.8 Å². The van der Waals surface area contributed by atoms with E-state index in [4.69, 9.17) is 9.84 Å². The highest BCUT2D eigenvalue weighted by Crippen LogP contribution is 2.48. The van der Waals surface area contributed by atoms with Crippen LogP contribution in [0.2, 0.25) is 0 Å². The molecule has 7 heteroatoms. The van der Waals surface area contributed by atoms with Gasteiger partial charge >= 0.3 is 5.97 Å². The minimum Gasteiger partial charge on any atom is -0.480 e. The minimum atomic E-state index is -1.23. The number of halogens is 2. The van der Waals surface area contributed by atoms with E-state index in [1.165, 1.54) is 6.08 Å². The molecule has 1 aliphatic carbocycles. The van der Waals surface area contributed by atoms with Crippen LogP contribution in [0.25, 0.3) is 0 Å². The van der Waals surface area contributed by atoms with Crippen LogP contribution in [-0.2, 0) is 14.3 Å². The summed E-state index contributed by atoms with van der Waals surface area (Å²) < 4.78 is 31.9. The van der Waals surface area contributed by atoms with Gasteiger partial charge < -0.3 is 15.2 Å². The van der Waals surface area contributed by atoms with E-state index in [0.29, 0.717) is 6.42 Å². The molecule has 1 aliphatic rings. The Morgan fingerprint density at radius 2 is 2.22 bits per heavy atom. The first-order valence-corrected chi connectivity index (χ1v) is 7.10. The van der Waals surface area contributed by atoms with Crippen molar-refractivity contribution in [3.8, 4) is 0 Å². The lowest BCUT2D eigenvalue weighted by Crippen LogP contribution is -2.44. The monoisotopic (exact) mass is 325 g/mol. The van der Waals surface area contributed by atoms with Gasteiger partial charge in [0.2, 0.25) is 5.91 Å². The molecule has 0 spiro atoms. The van der Waals surface area contributed by atoms with Crippen molar-refractivity contribution in [3.05, 3.63) is 48.1 Å². The number of carboxylic acid groups (broad SMARTS) is 1. The number of rotatable bonds is 8. The Bertz CT molecular complexity index is 620. The normalized spacial score (nSPS) is 20.6. The molecule has 23 heavy (non-hydrogen) atoms. The second-order valence-corrected chi connectivity index (χ2v) is 5.34. The van der Waals surface area contributed by atoms with Gasteiger partial charge in [0.05, 0.1) is 13.2 Å². The van der Waals surface area contributed by atoms with Crippen LogP contribution in [0.5, 0.6) is 0 Å². The van der Waals surface area contributed by atoms with Gasteiger partial charge in [-0.15, -0.1) is 6.58 Å². The molecule has 0 radical (unpaired) electrons. The predicted molar refractivity (Wildman–Crippen MR) is 77.8 cm³/mol. The molecular weight excluding hydrogens is 308 g/mol. The maximum absolute atomic E-state index is 13.7. The molecular formula is C16H17F2NO4. The summed E-state index contributed by atoms with van der Waals surface area (Å²) in [6.07, 6.45) is 1.82. The van der Waals surface area contributed by atoms with Gasteiger partial charge in [-0.3, -0.25) is 4.79 Å². The third-order valence-electron chi connectivity index (χ3n) is 3.62. The Hall–Kier alpha value is -2.28. The summed E-state index contributed by atoms with van der Waals surface area (Å²) in [6, 6.07) is 1.89. The first-order chi connectivity index (χ1) is 10.9. The summed E-state index contributed by atoms with van der Waals surface area (Å²) >= 11 is 0. The van der Waals surface area contributed by atoms with Crippen molar-refractivity contribution in [2.24, 2.45) is 5.92 Å². The Labute approximate surface area is 131 Å². The smallest absolute Gasteiger partial charge is 0.328 e. The number of hydrogen-bond donors (Lipinski definition) is 2. The third kappa shape index (κ3) is 4.35. The molecule has 0 aromatic heterocycles. The number of ether oxygens (including phenoxy) is 1. The van der Waals surface area contributed by atoms with E-state index in [1.807, 2.05) is 0 Å². The van der Waals surface area contributed by atoms with Crippen molar-refractivity contribution in [1.29, 1.82) is 0 Å². The zero-order chi connectivity index (χ0) is 17.0. The molecule has 0 heterocycles. The van der Waals surface area contributed by atoms with Gasteiger partial charge in [-0.1, -0.05) is 6.08 Å². The van der Waals surface area contributed by atoms with Crippen LogP contribution in [-0.4, -0.2) is 36.2 Å². The summed E-state index contributed by atoms with van der Waals surface area (Å²) in [4.78, 5) is 23.2. The number of carboxylic acids is 1. The van der Waals surface area contributed by atoms with E-state index >= 15 is 0 Å². The highest BCUT2D eigenvalue weighted by Gasteiger charge is 2.46. The van der Waals surface area contributed by atoms with E-state index in [9.17, 15) is 18.4 Å². The second kappa shape index (κ2) is 7.32. The van der Waals surface area contributed by atoms with Gasteiger partial charge in [0.1, 0.15) is 11.6 Å². The Morgan fingerprint density at radius 3 is 2.87 bits per heavy atom. The Kier molecular flexibility index (Phi) is 5.44. The van der Waals surface area contributed by atoms with Crippen LogP contribution >= 0.6 is 0 Å². The molecule has 1 fully saturated rings. The summed E-state index contributed by atoms with van der Waals surface area (Å²) in [6.45, 7) is 3.41. The van der Waals surface area contributed by atoms with Gasteiger partial charge in [-0.05, 0) is 36.1 Å². The fourth-order valence-electron chi connectivity index (χ4n) is 2.35. The molecule has 0 bridgehead atoms. The number of benzene rings is 1. The topological polar surface area (TPSA) is 75.6 Å². The molecule has 0 saturated heterocycles. The first-order valence-electron chi connectivity index (χ1n) is 7.10. The number of carbonyl (C=O) groups is 2. The SMILES string of the molecule is C=CCOCC(NC(=O)C1CC1c1cc(F)ccc1F)C(=O)O. The molecule has 3 unspecified atom stereocenters. The Morgan fingerprint density at radius 1 is 1.48 bits per heavy atom. The molecule has 5 nitrogen and oxygen atoms in total. The summed E-state index contributed by atoms with van der Waals surface area (Å²) in [5, 5.41) is 11.4. The highest BCUT2D eigenvalue weighted by atomic mass is 19.1. The van der Waals surface area contributed by atoms with Crippen molar-refractivity contribution in [2.75, 3.05) is 13.2 Å². The number of amides is 1. The molecule has 1 saturated carbocycles. The van der Waals surface area contributed by atoms with Crippen molar-refractivity contribution >= 4 is 11.9 Å².